The van der Waals surface area contributed by atoms with Crippen LogP contribution in [0, 0.1) is 6.92 Å². The zero-order chi connectivity index (χ0) is 25.1. The second-order valence-electron chi connectivity index (χ2n) is 9.01. The molecule has 3 aromatic rings. The lowest BCUT2D eigenvalue weighted by Crippen LogP contribution is -2.47. The second-order valence-corrected chi connectivity index (χ2v) is 10.9. The summed E-state index contributed by atoms with van der Waals surface area (Å²) in [5.74, 6) is 0.396. The van der Waals surface area contributed by atoms with Crippen LogP contribution in [-0.4, -0.2) is 26.5 Å². The number of benzene rings is 3. The maximum absolute atomic E-state index is 13.6. The van der Waals surface area contributed by atoms with Gasteiger partial charge in [0.2, 0.25) is 5.91 Å². The van der Waals surface area contributed by atoms with Gasteiger partial charge in [0.25, 0.3) is 10.0 Å². The maximum atomic E-state index is 13.6. The van der Waals surface area contributed by atoms with Gasteiger partial charge in [-0.25, -0.2) is 8.42 Å². The van der Waals surface area contributed by atoms with Crippen molar-refractivity contribution in [2.24, 2.45) is 0 Å². The highest BCUT2D eigenvalue weighted by Gasteiger charge is 2.39. The number of carbonyl (C=O) groups excluding carboxylic acids is 1. The van der Waals surface area contributed by atoms with Gasteiger partial charge in [-0.3, -0.25) is 9.10 Å². The summed E-state index contributed by atoms with van der Waals surface area (Å²) in [5.41, 5.74) is 1.98. The minimum atomic E-state index is -3.95. The lowest BCUT2D eigenvalue weighted by Gasteiger charge is -2.41. The Morgan fingerprint density at radius 1 is 0.971 bits per heavy atom. The fraction of sp³-hybridized carbons (Fsp3) is 0.321. The third-order valence-corrected chi connectivity index (χ3v) is 8.55. The number of rotatable bonds is 8. The first kappa shape index (κ1) is 24.8. The fourth-order valence-electron chi connectivity index (χ4n) is 4.55. The van der Waals surface area contributed by atoms with E-state index >= 15 is 0 Å². The summed E-state index contributed by atoms with van der Waals surface area (Å²) in [6, 6.07) is 22.8. The Labute approximate surface area is 208 Å². The maximum Gasteiger partial charge on any atom is 0.264 e. The highest BCUT2D eigenvalue weighted by molar-refractivity contribution is 7.92. The number of hydrogen-bond donors (Lipinski definition) is 1. The molecule has 0 unspecified atom stereocenters. The minimum Gasteiger partial charge on any atom is -0.487 e. The Bertz CT molecular complexity index is 1270. The van der Waals surface area contributed by atoms with Gasteiger partial charge in [-0.1, -0.05) is 67.9 Å². The monoisotopic (exact) mass is 492 g/mol. The van der Waals surface area contributed by atoms with E-state index in [0.717, 1.165) is 29.7 Å². The summed E-state index contributed by atoms with van der Waals surface area (Å²) in [7, 11) is -3.95. The van der Waals surface area contributed by atoms with Crippen molar-refractivity contribution in [1.82, 2.24) is 5.32 Å². The molecule has 4 rings (SSSR count). The van der Waals surface area contributed by atoms with E-state index in [1.54, 1.807) is 42.5 Å². The van der Waals surface area contributed by atoms with Crippen LogP contribution < -0.4 is 14.4 Å². The van der Waals surface area contributed by atoms with Crippen LogP contribution in [0.25, 0.3) is 0 Å². The second kappa shape index (κ2) is 10.1. The largest absolute Gasteiger partial charge is 0.487 e. The van der Waals surface area contributed by atoms with Crippen LogP contribution in [0.2, 0.25) is 0 Å². The summed E-state index contributed by atoms with van der Waals surface area (Å²) in [6.07, 6.45) is 2.24. The molecule has 6 nitrogen and oxygen atoms in total. The average Bonchev–Trinajstić information content (AvgIpc) is 2.88. The van der Waals surface area contributed by atoms with E-state index in [4.69, 9.17) is 4.74 Å². The van der Waals surface area contributed by atoms with Crippen LogP contribution in [0.3, 0.4) is 0 Å². The summed E-state index contributed by atoms with van der Waals surface area (Å²) < 4.78 is 34.7. The molecule has 0 radical (unpaired) electrons. The van der Waals surface area contributed by atoms with Crippen molar-refractivity contribution in [1.29, 1.82) is 0 Å². The van der Waals surface area contributed by atoms with Crippen molar-refractivity contribution in [2.45, 2.75) is 56.6 Å². The van der Waals surface area contributed by atoms with Gasteiger partial charge < -0.3 is 10.1 Å². The molecule has 0 aliphatic carbocycles. The molecule has 1 atom stereocenters. The Kier molecular flexibility index (Phi) is 7.17. The lowest BCUT2D eigenvalue weighted by atomic mass is 9.83. The molecule has 1 N–H and O–H groups in total. The van der Waals surface area contributed by atoms with Crippen LogP contribution in [0.4, 0.5) is 5.69 Å². The van der Waals surface area contributed by atoms with E-state index in [1.807, 2.05) is 43.3 Å². The lowest BCUT2D eigenvalue weighted by molar-refractivity contribution is -0.121. The molecule has 7 heteroatoms. The van der Waals surface area contributed by atoms with Crippen LogP contribution in [0.1, 0.15) is 50.3 Å². The number of amides is 1. The quantitative estimate of drug-likeness (QED) is 0.458. The molecule has 184 valence electrons. The van der Waals surface area contributed by atoms with Crippen molar-refractivity contribution in [3.8, 4) is 5.75 Å². The standard InChI is InChI=1S/C28H32N2O4S/c1-4-28(5-2)19-25(24-13-9-10-14-26(24)34-28)29-27(31)20-30(22-17-15-21(3)16-18-22)35(32,33)23-11-7-6-8-12-23/h6-18,25H,4-5,19-20H2,1-3H3,(H,29,31)/t25-/m1/s1. The smallest absolute Gasteiger partial charge is 0.264 e. The summed E-state index contributed by atoms with van der Waals surface area (Å²) in [6.45, 7) is 5.78. The molecule has 0 bridgehead atoms. The highest BCUT2D eigenvalue weighted by Crippen LogP contribution is 2.42. The van der Waals surface area contributed by atoms with Crippen molar-refractivity contribution in [3.05, 3.63) is 90.0 Å². The number of sulfonamides is 1. The van der Waals surface area contributed by atoms with Crippen molar-refractivity contribution in [2.75, 3.05) is 10.8 Å². The Hall–Kier alpha value is -3.32. The predicted octanol–water partition coefficient (Wildman–Crippen LogP) is 5.39. The molecule has 1 aliphatic rings. The van der Waals surface area contributed by atoms with Gasteiger partial charge >= 0.3 is 0 Å². The number of aryl methyl sites for hydroxylation is 1. The SMILES string of the molecule is CCC1(CC)C[C@@H](NC(=O)CN(c2ccc(C)cc2)S(=O)(=O)c2ccccc2)c2ccccc2O1. The van der Waals surface area contributed by atoms with Gasteiger partial charge in [-0.05, 0) is 50.1 Å². The van der Waals surface area contributed by atoms with Crippen LogP contribution >= 0.6 is 0 Å². The molecule has 1 amide bonds. The third-order valence-electron chi connectivity index (χ3n) is 6.76. The van der Waals surface area contributed by atoms with Gasteiger partial charge in [0.15, 0.2) is 0 Å². The van der Waals surface area contributed by atoms with E-state index in [9.17, 15) is 13.2 Å². The minimum absolute atomic E-state index is 0.140. The molecular formula is C28H32N2O4S. The highest BCUT2D eigenvalue weighted by atomic mass is 32.2. The van der Waals surface area contributed by atoms with Crippen molar-refractivity contribution in [3.63, 3.8) is 0 Å². The number of hydrogen-bond acceptors (Lipinski definition) is 4. The van der Waals surface area contributed by atoms with E-state index in [2.05, 4.69) is 19.2 Å². The van der Waals surface area contributed by atoms with E-state index < -0.39 is 10.0 Å². The van der Waals surface area contributed by atoms with Gasteiger partial charge in [0.05, 0.1) is 16.6 Å². The van der Waals surface area contributed by atoms with Gasteiger partial charge in [-0.15, -0.1) is 0 Å². The first-order valence-corrected chi connectivity index (χ1v) is 13.4. The van der Waals surface area contributed by atoms with E-state index in [-0.39, 0.29) is 29.0 Å². The van der Waals surface area contributed by atoms with E-state index in [0.29, 0.717) is 12.1 Å². The van der Waals surface area contributed by atoms with Crippen LogP contribution in [-0.2, 0) is 14.8 Å². The van der Waals surface area contributed by atoms with E-state index in [1.165, 1.54) is 4.31 Å². The first-order valence-electron chi connectivity index (χ1n) is 12.0. The molecule has 0 spiro atoms. The Morgan fingerprint density at radius 2 is 1.60 bits per heavy atom. The molecule has 0 aromatic heterocycles. The molecule has 3 aromatic carbocycles. The number of para-hydroxylation sites is 1. The Balaban J connectivity index is 1.64. The topological polar surface area (TPSA) is 75.7 Å². The number of anilines is 1. The molecule has 0 saturated heterocycles. The first-order chi connectivity index (χ1) is 16.8. The number of nitrogens with zero attached hydrogens (tertiary/aromatic N) is 1. The zero-order valence-corrected chi connectivity index (χ0v) is 21.2. The summed E-state index contributed by atoms with van der Waals surface area (Å²) in [4.78, 5) is 13.5. The molecule has 35 heavy (non-hydrogen) atoms. The Morgan fingerprint density at radius 3 is 2.26 bits per heavy atom. The number of ether oxygens (including phenoxy) is 1. The molecule has 0 saturated carbocycles. The van der Waals surface area contributed by atoms with Gasteiger partial charge in [-0.2, -0.15) is 0 Å². The molecule has 0 fully saturated rings. The number of carbonyl (C=O) groups is 1. The third kappa shape index (κ3) is 5.20. The number of fused-ring (bicyclic) bond motifs is 1. The van der Waals surface area contributed by atoms with Crippen molar-refractivity contribution >= 4 is 21.6 Å². The number of nitrogens with one attached hydrogen (secondary N) is 1. The van der Waals surface area contributed by atoms with Crippen LogP contribution in [0.15, 0.2) is 83.8 Å². The van der Waals surface area contributed by atoms with Crippen molar-refractivity contribution < 1.29 is 17.9 Å². The molecule has 1 heterocycles. The zero-order valence-electron chi connectivity index (χ0n) is 20.4. The van der Waals surface area contributed by atoms with Gasteiger partial charge in [0.1, 0.15) is 17.9 Å². The summed E-state index contributed by atoms with van der Waals surface area (Å²) >= 11 is 0. The van der Waals surface area contributed by atoms with Gasteiger partial charge in [0, 0.05) is 12.0 Å². The molecule has 1 aliphatic heterocycles. The molecular weight excluding hydrogens is 460 g/mol. The fourth-order valence-corrected chi connectivity index (χ4v) is 5.99. The average molecular weight is 493 g/mol. The summed E-state index contributed by atoms with van der Waals surface area (Å²) in [5, 5.41) is 3.11. The normalized spacial score (nSPS) is 16.6. The predicted molar refractivity (Wildman–Crippen MR) is 138 cm³/mol. The van der Waals surface area contributed by atoms with Crippen LogP contribution in [0.5, 0.6) is 5.75 Å².